The number of ether oxygens (including phenoxy) is 1. The highest BCUT2D eigenvalue weighted by Crippen LogP contribution is 2.24. The first-order valence-corrected chi connectivity index (χ1v) is 5.07. The quantitative estimate of drug-likeness (QED) is 0.735. The molecule has 0 aliphatic carbocycles. The summed E-state index contributed by atoms with van der Waals surface area (Å²) in [4.78, 5) is 11.1. The van der Waals surface area contributed by atoms with Gasteiger partial charge in [0, 0.05) is 12.0 Å². The van der Waals surface area contributed by atoms with Crippen molar-refractivity contribution in [2.24, 2.45) is 0 Å². The minimum absolute atomic E-state index is 0.186. The molecule has 0 unspecified atom stereocenters. The molecular formula is C10H14N2O3. The van der Waals surface area contributed by atoms with Gasteiger partial charge in [0.15, 0.2) is 0 Å². The van der Waals surface area contributed by atoms with Crippen molar-refractivity contribution in [2.75, 3.05) is 20.2 Å². The first kappa shape index (κ1) is 10.2. The number of nitrogens with zero attached hydrogens (tertiary/aromatic N) is 1. The van der Waals surface area contributed by atoms with Crippen molar-refractivity contribution in [3.8, 4) is 0 Å². The van der Waals surface area contributed by atoms with Crippen molar-refractivity contribution in [1.29, 1.82) is 0 Å². The number of carbonyl (C=O) groups is 1. The number of carbonyl (C=O) groups excluding carboxylic acids is 1. The number of esters is 1. The van der Waals surface area contributed by atoms with Gasteiger partial charge in [-0.1, -0.05) is 5.16 Å². The van der Waals surface area contributed by atoms with E-state index in [1.165, 1.54) is 7.11 Å². The van der Waals surface area contributed by atoms with Gasteiger partial charge in [-0.15, -0.1) is 0 Å². The van der Waals surface area contributed by atoms with Crippen molar-refractivity contribution in [2.45, 2.75) is 18.8 Å². The maximum absolute atomic E-state index is 11.1. The van der Waals surface area contributed by atoms with E-state index >= 15 is 0 Å². The predicted octanol–water partition coefficient (Wildman–Crippen LogP) is 0.928. The lowest BCUT2D eigenvalue weighted by molar-refractivity contribution is 0.0554. The molecule has 0 saturated carbocycles. The van der Waals surface area contributed by atoms with Gasteiger partial charge in [0.25, 0.3) is 0 Å². The van der Waals surface area contributed by atoms with Crippen LogP contribution in [0.2, 0.25) is 0 Å². The Morgan fingerprint density at radius 3 is 3.00 bits per heavy atom. The molecule has 2 rings (SSSR count). The van der Waals surface area contributed by atoms with Crippen LogP contribution in [0.25, 0.3) is 0 Å². The lowest BCUT2D eigenvalue weighted by Gasteiger charge is -2.19. The first-order chi connectivity index (χ1) is 7.31. The van der Waals surface area contributed by atoms with Crippen LogP contribution in [-0.2, 0) is 4.74 Å². The fourth-order valence-electron chi connectivity index (χ4n) is 1.80. The van der Waals surface area contributed by atoms with E-state index in [2.05, 4.69) is 15.2 Å². The Balaban J connectivity index is 2.08. The van der Waals surface area contributed by atoms with Crippen LogP contribution in [0.4, 0.5) is 0 Å². The minimum Gasteiger partial charge on any atom is -0.463 e. The molecule has 1 N–H and O–H groups in total. The Morgan fingerprint density at radius 2 is 2.33 bits per heavy atom. The zero-order valence-corrected chi connectivity index (χ0v) is 8.66. The number of rotatable bonds is 2. The molecule has 1 aliphatic rings. The van der Waals surface area contributed by atoms with Gasteiger partial charge in [0.1, 0.15) is 0 Å². The fraction of sp³-hybridized carbons (Fsp3) is 0.600. The summed E-state index contributed by atoms with van der Waals surface area (Å²) in [7, 11) is 1.33. The van der Waals surface area contributed by atoms with Crippen LogP contribution in [-0.4, -0.2) is 31.3 Å². The van der Waals surface area contributed by atoms with E-state index in [-0.39, 0.29) is 5.76 Å². The predicted molar refractivity (Wildman–Crippen MR) is 52.7 cm³/mol. The molecule has 0 aromatic carbocycles. The van der Waals surface area contributed by atoms with E-state index in [0.717, 1.165) is 31.6 Å². The van der Waals surface area contributed by atoms with E-state index in [4.69, 9.17) is 4.52 Å². The molecular weight excluding hydrogens is 196 g/mol. The summed E-state index contributed by atoms with van der Waals surface area (Å²) >= 11 is 0. The number of piperidine rings is 1. The second-order valence-electron chi connectivity index (χ2n) is 3.63. The summed E-state index contributed by atoms with van der Waals surface area (Å²) in [6, 6.07) is 1.68. The molecule has 1 aromatic heterocycles. The Morgan fingerprint density at radius 1 is 1.60 bits per heavy atom. The van der Waals surface area contributed by atoms with Gasteiger partial charge in [0.2, 0.25) is 5.76 Å². The summed E-state index contributed by atoms with van der Waals surface area (Å²) in [6.45, 7) is 1.98. The van der Waals surface area contributed by atoms with Gasteiger partial charge in [-0.05, 0) is 25.9 Å². The normalized spacial score (nSPS) is 17.7. The molecule has 5 nitrogen and oxygen atoms in total. The van der Waals surface area contributed by atoms with Crippen molar-refractivity contribution < 1.29 is 14.1 Å². The molecule has 1 aliphatic heterocycles. The molecule has 0 amide bonds. The molecule has 15 heavy (non-hydrogen) atoms. The van der Waals surface area contributed by atoms with E-state index < -0.39 is 5.97 Å². The van der Waals surface area contributed by atoms with Crippen LogP contribution >= 0.6 is 0 Å². The van der Waals surface area contributed by atoms with Crippen LogP contribution in [0.15, 0.2) is 10.6 Å². The smallest absolute Gasteiger partial charge is 0.376 e. The Hall–Kier alpha value is -1.36. The topological polar surface area (TPSA) is 64.4 Å². The van der Waals surface area contributed by atoms with Crippen molar-refractivity contribution in [3.63, 3.8) is 0 Å². The standard InChI is InChI=1S/C10H14N2O3/c1-14-10(13)9-6-8(12-15-9)7-2-4-11-5-3-7/h6-7,11H,2-5H2,1H3. The summed E-state index contributed by atoms with van der Waals surface area (Å²) in [5, 5.41) is 7.18. The second-order valence-corrected chi connectivity index (χ2v) is 3.63. The zero-order chi connectivity index (χ0) is 10.7. The van der Waals surface area contributed by atoms with Gasteiger partial charge in [-0.25, -0.2) is 4.79 Å². The van der Waals surface area contributed by atoms with E-state index in [9.17, 15) is 4.79 Å². The fourth-order valence-corrected chi connectivity index (χ4v) is 1.80. The average Bonchev–Trinajstić information content (AvgIpc) is 2.78. The summed E-state index contributed by atoms with van der Waals surface area (Å²) in [5.41, 5.74) is 0.858. The lowest BCUT2D eigenvalue weighted by Crippen LogP contribution is -2.26. The summed E-state index contributed by atoms with van der Waals surface area (Å²) in [6.07, 6.45) is 2.07. The zero-order valence-electron chi connectivity index (χ0n) is 8.66. The average molecular weight is 210 g/mol. The molecule has 0 radical (unpaired) electrons. The Bertz CT molecular complexity index is 342. The molecule has 82 valence electrons. The van der Waals surface area contributed by atoms with Gasteiger partial charge < -0.3 is 14.6 Å². The van der Waals surface area contributed by atoms with Crippen LogP contribution in [0.5, 0.6) is 0 Å². The van der Waals surface area contributed by atoms with E-state index in [0.29, 0.717) is 5.92 Å². The van der Waals surface area contributed by atoms with Crippen molar-refractivity contribution in [1.82, 2.24) is 10.5 Å². The molecule has 5 heteroatoms. The summed E-state index contributed by atoms with van der Waals surface area (Å²) < 4.78 is 9.48. The highest BCUT2D eigenvalue weighted by molar-refractivity contribution is 5.86. The van der Waals surface area contributed by atoms with Gasteiger partial charge in [-0.3, -0.25) is 0 Å². The minimum atomic E-state index is -0.470. The van der Waals surface area contributed by atoms with Crippen molar-refractivity contribution >= 4 is 5.97 Å². The third-order valence-electron chi connectivity index (χ3n) is 2.67. The Kier molecular flexibility index (Phi) is 3.01. The molecule has 1 fully saturated rings. The van der Waals surface area contributed by atoms with Crippen molar-refractivity contribution in [3.05, 3.63) is 17.5 Å². The van der Waals surface area contributed by atoms with E-state index in [1.807, 2.05) is 0 Å². The maximum atomic E-state index is 11.1. The van der Waals surface area contributed by atoms with Crippen LogP contribution < -0.4 is 5.32 Å². The summed E-state index contributed by atoms with van der Waals surface area (Å²) in [5.74, 6) is 0.113. The highest BCUT2D eigenvalue weighted by Gasteiger charge is 2.21. The molecule has 1 aromatic rings. The van der Waals surface area contributed by atoms with Gasteiger partial charge in [-0.2, -0.15) is 0 Å². The molecule has 0 spiro atoms. The second kappa shape index (κ2) is 4.44. The number of methoxy groups -OCH3 is 1. The third kappa shape index (κ3) is 2.18. The van der Waals surface area contributed by atoms with Gasteiger partial charge in [0.05, 0.1) is 12.8 Å². The number of aromatic nitrogens is 1. The molecule has 2 heterocycles. The third-order valence-corrected chi connectivity index (χ3v) is 2.67. The number of hydrogen-bond acceptors (Lipinski definition) is 5. The molecule has 0 atom stereocenters. The van der Waals surface area contributed by atoms with Gasteiger partial charge >= 0.3 is 5.97 Å². The Labute approximate surface area is 87.8 Å². The highest BCUT2D eigenvalue weighted by atomic mass is 16.5. The molecule has 1 saturated heterocycles. The SMILES string of the molecule is COC(=O)c1cc(C2CCNCC2)no1. The monoisotopic (exact) mass is 210 g/mol. The first-order valence-electron chi connectivity index (χ1n) is 5.07. The number of nitrogens with one attached hydrogen (secondary N) is 1. The van der Waals surface area contributed by atoms with Crippen LogP contribution in [0, 0.1) is 0 Å². The maximum Gasteiger partial charge on any atom is 0.376 e. The van der Waals surface area contributed by atoms with Crippen LogP contribution in [0.1, 0.15) is 35.0 Å². The lowest BCUT2D eigenvalue weighted by atomic mass is 9.95. The largest absolute Gasteiger partial charge is 0.463 e. The van der Waals surface area contributed by atoms with E-state index in [1.54, 1.807) is 6.07 Å². The van der Waals surface area contributed by atoms with Crippen LogP contribution in [0.3, 0.4) is 0 Å². The molecule has 0 bridgehead atoms. The number of hydrogen-bond donors (Lipinski definition) is 1.